The molecule has 1 saturated heterocycles. The number of benzene rings is 1. The fourth-order valence-corrected chi connectivity index (χ4v) is 5.49. The first kappa shape index (κ1) is 21.6. The molecule has 6 nitrogen and oxygen atoms in total. The third-order valence-electron chi connectivity index (χ3n) is 4.84. The van der Waals surface area contributed by atoms with Crippen molar-refractivity contribution in [1.82, 2.24) is 14.9 Å². The Morgan fingerprint density at radius 2 is 1.90 bits per heavy atom. The first-order valence-corrected chi connectivity index (χ1v) is 11.9. The Morgan fingerprint density at radius 1 is 1.10 bits per heavy atom. The number of thioether (sulfide) groups is 1. The Labute approximate surface area is 193 Å². The third kappa shape index (κ3) is 5.17. The van der Waals surface area contributed by atoms with Gasteiger partial charge in [-0.1, -0.05) is 36.5 Å². The van der Waals surface area contributed by atoms with E-state index in [2.05, 4.69) is 21.4 Å². The second-order valence-electron chi connectivity index (χ2n) is 7.04. The van der Waals surface area contributed by atoms with Crippen LogP contribution in [0.15, 0.2) is 46.9 Å². The van der Waals surface area contributed by atoms with Crippen LogP contribution in [0.1, 0.15) is 30.6 Å². The number of thiocarbonyl (C=S) groups is 1. The lowest BCUT2D eigenvalue weighted by Crippen LogP contribution is -2.29. The highest BCUT2D eigenvalue weighted by molar-refractivity contribution is 8.26. The van der Waals surface area contributed by atoms with Crippen LogP contribution in [0.2, 0.25) is 0 Å². The van der Waals surface area contributed by atoms with E-state index in [9.17, 15) is 9.59 Å². The molecule has 4 rings (SSSR count). The lowest BCUT2D eigenvalue weighted by atomic mass is 10.1. The molecule has 1 aromatic carbocycles. The molecule has 0 unspecified atom stereocenters. The van der Waals surface area contributed by atoms with Crippen LogP contribution in [0.5, 0.6) is 0 Å². The summed E-state index contributed by atoms with van der Waals surface area (Å²) in [6, 6.07) is 8.04. The predicted octanol–water partition coefficient (Wildman–Crippen LogP) is 5.20. The van der Waals surface area contributed by atoms with Gasteiger partial charge in [0.2, 0.25) is 0 Å². The number of carbonyl (C=O) groups is 2. The van der Waals surface area contributed by atoms with Crippen LogP contribution in [-0.2, 0) is 9.59 Å². The van der Waals surface area contributed by atoms with Gasteiger partial charge in [-0.15, -0.1) is 11.3 Å². The molecule has 0 bridgehead atoms. The Kier molecular flexibility index (Phi) is 6.74. The molecule has 0 spiro atoms. The summed E-state index contributed by atoms with van der Waals surface area (Å²) < 4.78 is 0.555. The van der Waals surface area contributed by atoms with Crippen LogP contribution in [0.25, 0.3) is 28.2 Å². The lowest BCUT2D eigenvalue weighted by molar-refractivity contribution is -0.137. The Hall–Kier alpha value is -2.62. The largest absolute Gasteiger partial charge is 0.481 e. The van der Waals surface area contributed by atoms with Gasteiger partial charge in [0.1, 0.15) is 4.32 Å². The van der Waals surface area contributed by atoms with Crippen molar-refractivity contribution >= 4 is 68.6 Å². The zero-order valence-electron chi connectivity index (χ0n) is 16.5. The second kappa shape index (κ2) is 9.67. The van der Waals surface area contributed by atoms with Gasteiger partial charge in [0.05, 0.1) is 15.9 Å². The van der Waals surface area contributed by atoms with Crippen molar-refractivity contribution < 1.29 is 14.7 Å². The van der Waals surface area contributed by atoms with Crippen molar-refractivity contribution in [3.05, 3.63) is 51.8 Å². The van der Waals surface area contributed by atoms with Crippen molar-refractivity contribution in [2.24, 2.45) is 0 Å². The number of rotatable bonds is 8. The maximum atomic E-state index is 12.8. The molecule has 0 radical (unpaired) electrons. The first-order valence-electron chi connectivity index (χ1n) is 9.78. The second-order valence-corrected chi connectivity index (χ2v) is 9.65. The van der Waals surface area contributed by atoms with Crippen LogP contribution in [0.4, 0.5) is 0 Å². The van der Waals surface area contributed by atoms with Gasteiger partial charge in [0.15, 0.2) is 0 Å². The average Bonchev–Trinajstić information content (AvgIpc) is 3.33. The van der Waals surface area contributed by atoms with E-state index in [1.54, 1.807) is 28.6 Å². The van der Waals surface area contributed by atoms with E-state index < -0.39 is 5.97 Å². The molecule has 1 aliphatic heterocycles. The summed E-state index contributed by atoms with van der Waals surface area (Å²) in [7, 11) is 0. The molecule has 1 amide bonds. The van der Waals surface area contributed by atoms with Crippen LogP contribution in [0, 0.1) is 0 Å². The number of fused-ring (bicyclic) bond motifs is 1. The van der Waals surface area contributed by atoms with Crippen LogP contribution >= 0.6 is 35.3 Å². The number of thiophene rings is 1. The third-order valence-corrected chi connectivity index (χ3v) is 7.10. The number of hydrogen-bond donors (Lipinski definition) is 1. The quantitative estimate of drug-likeness (QED) is 0.276. The van der Waals surface area contributed by atoms with Crippen molar-refractivity contribution in [3.63, 3.8) is 0 Å². The number of carboxylic acids is 1. The minimum absolute atomic E-state index is 0.0795. The van der Waals surface area contributed by atoms with Gasteiger partial charge in [-0.2, -0.15) is 0 Å². The predicted molar refractivity (Wildman–Crippen MR) is 129 cm³/mol. The highest BCUT2D eigenvalue weighted by Crippen LogP contribution is 2.35. The summed E-state index contributed by atoms with van der Waals surface area (Å²) in [4.78, 5) is 35.2. The molecule has 3 aromatic rings. The molecule has 1 fully saturated rings. The summed E-state index contributed by atoms with van der Waals surface area (Å²) >= 11 is 8.27. The molecular weight excluding hydrogens is 450 g/mol. The zero-order chi connectivity index (χ0) is 21.8. The van der Waals surface area contributed by atoms with E-state index in [0.717, 1.165) is 39.9 Å². The van der Waals surface area contributed by atoms with E-state index >= 15 is 0 Å². The Balaban J connectivity index is 1.43. The van der Waals surface area contributed by atoms with Crippen LogP contribution < -0.4 is 0 Å². The number of carboxylic acid groups (broad SMARTS) is 1. The standard InChI is InChI=1S/C22H19N3O3S3/c26-20(27)4-2-1-3-9-25-21(28)19(31-22(25)29)12-16-10-15(13-30-16)14-5-6-17-18(11-14)24-8-7-23-17/h5-8,10-13H,1-4,9H2,(H,26,27). The lowest BCUT2D eigenvalue weighted by Gasteiger charge is -2.13. The summed E-state index contributed by atoms with van der Waals surface area (Å²) in [6.07, 6.45) is 7.50. The Bertz CT molecular complexity index is 1190. The van der Waals surface area contributed by atoms with Crippen molar-refractivity contribution in [2.75, 3.05) is 6.54 Å². The van der Waals surface area contributed by atoms with Crippen molar-refractivity contribution in [2.45, 2.75) is 25.7 Å². The highest BCUT2D eigenvalue weighted by Gasteiger charge is 2.31. The van der Waals surface area contributed by atoms with Crippen LogP contribution in [0.3, 0.4) is 0 Å². The molecule has 3 heterocycles. The first-order chi connectivity index (χ1) is 15.0. The SMILES string of the molecule is O=C(O)CCCCCN1C(=O)C(=Cc2cc(-c3ccc4nccnc4c3)cs2)SC1=S. The van der Waals surface area contributed by atoms with Crippen molar-refractivity contribution in [1.29, 1.82) is 0 Å². The number of amides is 1. The molecule has 158 valence electrons. The van der Waals surface area contributed by atoms with Gasteiger partial charge in [0.25, 0.3) is 5.91 Å². The van der Waals surface area contributed by atoms with E-state index in [-0.39, 0.29) is 12.3 Å². The smallest absolute Gasteiger partial charge is 0.303 e. The van der Waals surface area contributed by atoms with E-state index in [1.165, 1.54) is 11.8 Å². The summed E-state index contributed by atoms with van der Waals surface area (Å²) in [6.45, 7) is 0.523. The van der Waals surface area contributed by atoms with Gasteiger partial charge in [-0.3, -0.25) is 24.5 Å². The fourth-order valence-electron chi connectivity index (χ4n) is 3.27. The van der Waals surface area contributed by atoms with Gasteiger partial charge in [-0.05, 0) is 53.6 Å². The summed E-state index contributed by atoms with van der Waals surface area (Å²) in [5.41, 5.74) is 3.82. The average molecular weight is 470 g/mol. The minimum Gasteiger partial charge on any atom is -0.481 e. The number of aromatic nitrogens is 2. The molecule has 0 atom stereocenters. The normalized spacial score (nSPS) is 15.4. The van der Waals surface area contributed by atoms with E-state index in [0.29, 0.717) is 22.2 Å². The maximum absolute atomic E-state index is 12.8. The summed E-state index contributed by atoms with van der Waals surface area (Å²) in [5, 5.41) is 10.8. The van der Waals surface area contributed by atoms with E-state index in [4.69, 9.17) is 17.3 Å². The molecule has 0 aliphatic carbocycles. The van der Waals surface area contributed by atoms with Crippen molar-refractivity contribution in [3.8, 4) is 11.1 Å². The molecule has 1 aliphatic rings. The number of aliphatic carboxylic acids is 1. The number of unbranched alkanes of at least 4 members (excludes halogenated alkanes) is 2. The maximum Gasteiger partial charge on any atom is 0.303 e. The molecule has 2 aromatic heterocycles. The Morgan fingerprint density at radius 3 is 2.71 bits per heavy atom. The number of nitrogens with zero attached hydrogens (tertiary/aromatic N) is 3. The van der Waals surface area contributed by atoms with E-state index in [1.807, 2.05) is 24.3 Å². The van der Waals surface area contributed by atoms with Gasteiger partial charge in [-0.25, -0.2) is 0 Å². The van der Waals surface area contributed by atoms with Gasteiger partial charge < -0.3 is 5.11 Å². The zero-order valence-corrected chi connectivity index (χ0v) is 18.9. The number of carbonyl (C=O) groups excluding carboxylic acids is 1. The fraction of sp³-hybridized carbons (Fsp3) is 0.227. The van der Waals surface area contributed by atoms with Gasteiger partial charge in [0, 0.05) is 30.2 Å². The molecule has 0 saturated carbocycles. The highest BCUT2D eigenvalue weighted by atomic mass is 32.2. The molecule has 1 N–H and O–H groups in total. The molecule has 9 heteroatoms. The molecule has 31 heavy (non-hydrogen) atoms. The van der Waals surface area contributed by atoms with Crippen LogP contribution in [-0.4, -0.2) is 42.7 Å². The minimum atomic E-state index is -0.791. The van der Waals surface area contributed by atoms with Gasteiger partial charge >= 0.3 is 5.97 Å². The monoisotopic (exact) mass is 469 g/mol. The summed E-state index contributed by atoms with van der Waals surface area (Å²) in [5.74, 6) is -0.871. The topological polar surface area (TPSA) is 83.4 Å². The number of hydrogen-bond acceptors (Lipinski definition) is 7. The molecular formula is C22H19N3O3S3.